The first kappa shape index (κ1) is 17.7. The van der Waals surface area contributed by atoms with Gasteiger partial charge < -0.3 is 14.7 Å². The summed E-state index contributed by atoms with van der Waals surface area (Å²) in [7, 11) is 0. The standard InChI is InChI=1S/C18H19FN4O3S/c19-16-7-14(23-9-15(10-24)26-18(23)25)1-2-17(16)21-4-5-22(20-12-21)8-13-3-6-27-11-13/h1-3,6-7,11-12,15,24H,4-5,8-10H2/t15-/m1/s1. The third-order valence-electron chi connectivity index (χ3n) is 4.53. The first-order valence-electron chi connectivity index (χ1n) is 8.59. The van der Waals surface area contributed by atoms with Crippen molar-refractivity contribution in [2.75, 3.05) is 36.0 Å². The molecular weight excluding hydrogens is 371 g/mol. The molecule has 2 aliphatic rings. The van der Waals surface area contributed by atoms with Gasteiger partial charge in [-0.25, -0.2) is 9.18 Å². The first-order valence-corrected chi connectivity index (χ1v) is 9.53. The Morgan fingerprint density at radius 2 is 2.22 bits per heavy atom. The highest BCUT2D eigenvalue weighted by atomic mass is 32.1. The normalized spacial score (nSPS) is 19.7. The van der Waals surface area contributed by atoms with Crippen LogP contribution in [0, 0.1) is 5.82 Å². The minimum absolute atomic E-state index is 0.205. The molecule has 2 aliphatic heterocycles. The lowest BCUT2D eigenvalue weighted by atomic mass is 10.2. The summed E-state index contributed by atoms with van der Waals surface area (Å²) in [4.78, 5) is 14.9. The van der Waals surface area contributed by atoms with Gasteiger partial charge in [0.2, 0.25) is 0 Å². The molecule has 1 aromatic carbocycles. The number of nitrogens with zero attached hydrogens (tertiary/aromatic N) is 4. The monoisotopic (exact) mass is 390 g/mol. The predicted molar refractivity (Wildman–Crippen MR) is 102 cm³/mol. The maximum Gasteiger partial charge on any atom is 0.414 e. The molecule has 0 spiro atoms. The van der Waals surface area contributed by atoms with E-state index >= 15 is 0 Å². The summed E-state index contributed by atoms with van der Waals surface area (Å²) in [5, 5.41) is 19.6. The van der Waals surface area contributed by atoms with Gasteiger partial charge in [0.1, 0.15) is 18.3 Å². The molecule has 9 heteroatoms. The lowest BCUT2D eigenvalue weighted by Gasteiger charge is -2.30. The van der Waals surface area contributed by atoms with E-state index in [1.54, 1.807) is 34.7 Å². The molecule has 0 aliphatic carbocycles. The van der Waals surface area contributed by atoms with Crippen molar-refractivity contribution in [3.05, 3.63) is 46.4 Å². The molecule has 1 atom stereocenters. The highest BCUT2D eigenvalue weighted by Crippen LogP contribution is 2.28. The highest BCUT2D eigenvalue weighted by Gasteiger charge is 2.32. The van der Waals surface area contributed by atoms with Crippen LogP contribution in [0.1, 0.15) is 5.56 Å². The van der Waals surface area contributed by atoms with Crippen LogP contribution in [0.15, 0.2) is 40.1 Å². The summed E-state index contributed by atoms with van der Waals surface area (Å²) in [5.74, 6) is -0.439. The number of hydrogen-bond donors (Lipinski definition) is 1. The van der Waals surface area contributed by atoms with Crippen molar-refractivity contribution < 1.29 is 19.0 Å². The molecule has 7 nitrogen and oxygen atoms in total. The number of ether oxygens (including phenoxy) is 1. The SMILES string of the molecule is O=C1O[C@@H](CO)CN1c1ccc(N2C=NN(Cc3ccsc3)CC2)c(F)c1. The summed E-state index contributed by atoms with van der Waals surface area (Å²) in [6.07, 6.45) is 0.466. The van der Waals surface area contributed by atoms with E-state index in [-0.39, 0.29) is 13.2 Å². The summed E-state index contributed by atoms with van der Waals surface area (Å²) in [5.41, 5.74) is 2.02. The molecule has 0 bridgehead atoms. The number of benzene rings is 1. The Hall–Kier alpha value is -2.65. The van der Waals surface area contributed by atoms with Crippen LogP contribution in [0.5, 0.6) is 0 Å². The van der Waals surface area contributed by atoms with Gasteiger partial charge in [-0.15, -0.1) is 0 Å². The van der Waals surface area contributed by atoms with Crippen LogP contribution in [0.3, 0.4) is 0 Å². The van der Waals surface area contributed by atoms with Crippen LogP contribution in [-0.4, -0.2) is 54.9 Å². The molecular formula is C18H19FN4O3S. The maximum absolute atomic E-state index is 14.7. The lowest BCUT2D eigenvalue weighted by Crippen LogP contribution is -2.38. The van der Waals surface area contributed by atoms with Gasteiger partial charge in [0, 0.05) is 6.54 Å². The van der Waals surface area contributed by atoms with Crippen LogP contribution < -0.4 is 9.80 Å². The van der Waals surface area contributed by atoms with Gasteiger partial charge in [-0.1, -0.05) is 0 Å². The number of thiophene rings is 1. The second-order valence-electron chi connectivity index (χ2n) is 6.38. The Morgan fingerprint density at radius 3 is 2.85 bits per heavy atom. The van der Waals surface area contributed by atoms with Gasteiger partial charge in [-0.05, 0) is 40.6 Å². The smallest absolute Gasteiger partial charge is 0.414 e. The second-order valence-corrected chi connectivity index (χ2v) is 7.16. The zero-order chi connectivity index (χ0) is 18.8. The largest absolute Gasteiger partial charge is 0.441 e. The Kier molecular flexibility index (Phi) is 4.95. The molecule has 1 saturated heterocycles. The summed E-state index contributed by atoms with van der Waals surface area (Å²) in [6.45, 7) is 1.98. The van der Waals surface area contributed by atoms with E-state index < -0.39 is 18.0 Å². The minimum atomic E-state index is -0.580. The van der Waals surface area contributed by atoms with E-state index in [1.165, 1.54) is 16.5 Å². The van der Waals surface area contributed by atoms with Gasteiger partial charge in [0.15, 0.2) is 0 Å². The Morgan fingerprint density at radius 1 is 1.33 bits per heavy atom. The van der Waals surface area contributed by atoms with Crippen molar-refractivity contribution in [1.29, 1.82) is 0 Å². The molecule has 0 radical (unpaired) electrons. The zero-order valence-electron chi connectivity index (χ0n) is 14.5. The fourth-order valence-electron chi connectivity index (χ4n) is 3.09. The molecule has 1 N–H and O–H groups in total. The van der Waals surface area contributed by atoms with Crippen molar-refractivity contribution in [3.8, 4) is 0 Å². The van der Waals surface area contributed by atoms with E-state index in [2.05, 4.69) is 16.5 Å². The number of hydrazone groups is 1. The predicted octanol–water partition coefficient (Wildman–Crippen LogP) is 2.47. The number of anilines is 2. The number of hydrogen-bond acceptors (Lipinski definition) is 7. The van der Waals surface area contributed by atoms with Crippen LogP contribution in [0.2, 0.25) is 0 Å². The van der Waals surface area contributed by atoms with Gasteiger partial charge in [-0.2, -0.15) is 16.4 Å². The van der Waals surface area contributed by atoms with Crippen LogP contribution in [0.4, 0.5) is 20.6 Å². The number of carbonyl (C=O) groups is 1. The second kappa shape index (κ2) is 7.53. The van der Waals surface area contributed by atoms with E-state index in [0.717, 1.165) is 6.54 Å². The van der Waals surface area contributed by atoms with E-state index in [9.17, 15) is 9.18 Å². The van der Waals surface area contributed by atoms with E-state index in [0.29, 0.717) is 24.5 Å². The first-order chi connectivity index (χ1) is 13.1. The molecule has 1 aromatic heterocycles. The van der Waals surface area contributed by atoms with Crippen molar-refractivity contribution in [1.82, 2.24) is 5.01 Å². The number of amides is 1. The molecule has 27 heavy (non-hydrogen) atoms. The van der Waals surface area contributed by atoms with Crippen LogP contribution in [-0.2, 0) is 11.3 Å². The summed E-state index contributed by atoms with van der Waals surface area (Å²) in [6, 6.07) is 6.67. The van der Waals surface area contributed by atoms with E-state index in [4.69, 9.17) is 9.84 Å². The molecule has 0 unspecified atom stereocenters. The Bertz CT molecular complexity index is 845. The van der Waals surface area contributed by atoms with Crippen LogP contribution >= 0.6 is 11.3 Å². The third-order valence-corrected chi connectivity index (χ3v) is 5.26. The van der Waals surface area contributed by atoms with Gasteiger partial charge in [-0.3, -0.25) is 9.91 Å². The van der Waals surface area contributed by atoms with Gasteiger partial charge in [0.25, 0.3) is 0 Å². The fraction of sp³-hybridized carbons (Fsp3) is 0.333. The average molecular weight is 390 g/mol. The van der Waals surface area contributed by atoms with E-state index in [1.807, 2.05) is 10.4 Å². The Labute approximate surface area is 159 Å². The molecule has 1 amide bonds. The quantitative estimate of drug-likeness (QED) is 0.850. The van der Waals surface area contributed by atoms with Gasteiger partial charge >= 0.3 is 6.09 Å². The molecule has 142 valence electrons. The third kappa shape index (κ3) is 3.74. The lowest BCUT2D eigenvalue weighted by molar-refractivity contribution is 0.0963. The van der Waals surface area contributed by atoms with Crippen molar-refractivity contribution in [2.45, 2.75) is 12.6 Å². The minimum Gasteiger partial charge on any atom is -0.441 e. The number of carbonyl (C=O) groups excluding carboxylic acids is 1. The fourth-order valence-corrected chi connectivity index (χ4v) is 3.75. The number of aliphatic hydroxyl groups is 1. The molecule has 2 aromatic rings. The molecule has 3 heterocycles. The number of rotatable bonds is 5. The van der Waals surface area contributed by atoms with Crippen molar-refractivity contribution >= 4 is 35.1 Å². The summed E-state index contributed by atoms with van der Waals surface area (Å²) < 4.78 is 19.6. The maximum atomic E-state index is 14.7. The Balaban J connectivity index is 1.45. The number of cyclic esters (lactones) is 1. The van der Waals surface area contributed by atoms with Gasteiger partial charge in [0.05, 0.1) is 37.6 Å². The number of aliphatic hydroxyl groups excluding tert-OH is 1. The molecule has 1 fully saturated rings. The average Bonchev–Trinajstić information content (AvgIpc) is 3.32. The van der Waals surface area contributed by atoms with Crippen molar-refractivity contribution in [2.24, 2.45) is 5.10 Å². The van der Waals surface area contributed by atoms with Crippen LogP contribution in [0.25, 0.3) is 0 Å². The topological polar surface area (TPSA) is 68.6 Å². The molecule has 0 saturated carbocycles. The number of halogens is 1. The van der Waals surface area contributed by atoms with Crippen molar-refractivity contribution in [3.63, 3.8) is 0 Å². The molecule has 4 rings (SSSR count). The highest BCUT2D eigenvalue weighted by molar-refractivity contribution is 7.07. The summed E-state index contributed by atoms with van der Waals surface area (Å²) >= 11 is 1.65. The zero-order valence-corrected chi connectivity index (χ0v) is 15.3.